The van der Waals surface area contributed by atoms with Crippen molar-refractivity contribution in [2.75, 3.05) is 19.0 Å². The van der Waals surface area contributed by atoms with Crippen molar-refractivity contribution in [1.82, 2.24) is 0 Å². The van der Waals surface area contributed by atoms with Crippen molar-refractivity contribution < 1.29 is 14.3 Å². The second-order valence-corrected chi connectivity index (χ2v) is 5.18. The van der Waals surface area contributed by atoms with Crippen LogP contribution in [0.15, 0.2) is 46.9 Å². The molecule has 0 saturated heterocycles. The maximum absolute atomic E-state index is 12.4. The molecule has 21 heavy (non-hydrogen) atoms. The largest absolute Gasteiger partial charge is 0.497 e. The lowest BCUT2D eigenvalue weighted by molar-refractivity contribution is 0.102. The normalized spacial score (nSPS) is 10.0. The summed E-state index contributed by atoms with van der Waals surface area (Å²) >= 11 is 3.37. The molecule has 0 radical (unpaired) electrons. The van der Waals surface area contributed by atoms with Gasteiger partial charge >= 0.3 is 0 Å². The van der Waals surface area contributed by atoms with Gasteiger partial charge in [-0.25, -0.2) is 0 Å². The fourth-order valence-electron chi connectivity index (χ4n) is 1.86. The quantitative estimate of drug-likeness (QED) is 0.883. The Morgan fingerprint density at radius 2 is 2.05 bits per heavy atom. The van der Waals surface area contributed by atoms with Crippen LogP contribution in [0.2, 0.25) is 0 Å². The first kappa shape index (κ1) is 15.4. The Kier molecular flexibility index (Phi) is 5.22. The lowest BCUT2D eigenvalue weighted by atomic mass is 10.2. The summed E-state index contributed by atoms with van der Waals surface area (Å²) in [6.07, 6.45) is 0. The van der Waals surface area contributed by atoms with Crippen LogP contribution < -0.4 is 14.8 Å². The first-order chi connectivity index (χ1) is 10.1. The van der Waals surface area contributed by atoms with Gasteiger partial charge < -0.3 is 14.8 Å². The average molecular weight is 350 g/mol. The number of nitrogens with one attached hydrogen (secondary N) is 1. The number of halogens is 1. The molecule has 2 rings (SSSR count). The van der Waals surface area contributed by atoms with E-state index in [1.54, 1.807) is 31.4 Å². The molecule has 0 bridgehead atoms. The van der Waals surface area contributed by atoms with Crippen LogP contribution in [0.1, 0.15) is 17.3 Å². The van der Waals surface area contributed by atoms with E-state index in [4.69, 9.17) is 9.47 Å². The molecule has 1 amide bonds. The van der Waals surface area contributed by atoms with Gasteiger partial charge in [0.1, 0.15) is 11.5 Å². The number of hydrogen-bond acceptors (Lipinski definition) is 3. The first-order valence-electron chi connectivity index (χ1n) is 6.51. The Hall–Kier alpha value is -2.01. The Morgan fingerprint density at radius 3 is 2.76 bits per heavy atom. The molecule has 0 saturated carbocycles. The van der Waals surface area contributed by atoms with Crippen molar-refractivity contribution in [3.8, 4) is 11.5 Å². The monoisotopic (exact) mass is 349 g/mol. The van der Waals surface area contributed by atoms with Crippen LogP contribution in [0.5, 0.6) is 11.5 Å². The SMILES string of the molecule is CCOc1ccc(Br)cc1C(=O)Nc1cccc(OC)c1. The smallest absolute Gasteiger partial charge is 0.259 e. The van der Waals surface area contributed by atoms with E-state index < -0.39 is 0 Å². The molecule has 2 aromatic rings. The molecular weight excluding hydrogens is 334 g/mol. The van der Waals surface area contributed by atoms with Crippen LogP contribution in [0.25, 0.3) is 0 Å². The zero-order valence-corrected chi connectivity index (χ0v) is 13.4. The third-order valence-electron chi connectivity index (χ3n) is 2.81. The molecule has 1 N–H and O–H groups in total. The molecule has 5 heteroatoms. The summed E-state index contributed by atoms with van der Waals surface area (Å²) in [6, 6.07) is 12.6. The molecule has 0 aliphatic carbocycles. The lowest BCUT2D eigenvalue weighted by Gasteiger charge is -2.11. The summed E-state index contributed by atoms with van der Waals surface area (Å²) in [5.74, 6) is 1.01. The van der Waals surface area contributed by atoms with Crippen molar-refractivity contribution in [2.45, 2.75) is 6.92 Å². The van der Waals surface area contributed by atoms with E-state index in [-0.39, 0.29) is 5.91 Å². The number of ether oxygens (including phenoxy) is 2. The Bertz CT molecular complexity index is 643. The number of carbonyl (C=O) groups is 1. The summed E-state index contributed by atoms with van der Waals surface area (Å²) in [5.41, 5.74) is 1.15. The van der Waals surface area contributed by atoms with E-state index in [0.29, 0.717) is 29.4 Å². The number of hydrogen-bond donors (Lipinski definition) is 1. The molecular formula is C16H16BrNO3. The highest BCUT2D eigenvalue weighted by Gasteiger charge is 2.13. The Balaban J connectivity index is 2.25. The molecule has 0 unspecified atom stereocenters. The lowest BCUT2D eigenvalue weighted by Crippen LogP contribution is -2.13. The number of methoxy groups -OCH3 is 1. The van der Waals surface area contributed by atoms with Crippen LogP contribution in [0, 0.1) is 0 Å². The number of carbonyl (C=O) groups excluding carboxylic acids is 1. The van der Waals surface area contributed by atoms with Gasteiger partial charge in [0.2, 0.25) is 0 Å². The number of benzene rings is 2. The predicted octanol–water partition coefficient (Wildman–Crippen LogP) is 4.11. The third kappa shape index (κ3) is 3.98. The zero-order chi connectivity index (χ0) is 15.2. The second kappa shape index (κ2) is 7.13. The fourth-order valence-corrected chi connectivity index (χ4v) is 2.22. The molecule has 0 aromatic heterocycles. The maximum Gasteiger partial charge on any atom is 0.259 e. The minimum atomic E-state index is -0.229. The van der Waals surface area contributed by atoms with Gasteiger partial charge in [0.05, 0.1) is 19.3 Å². The summed E-state index contributed by atoms with van der Waals surface area (Å²) in [4.78, 5) is 12.4. The summed E-state index contributed by atoms with van der Waals surface area (Å²) in [7, 11) is 1.59. The van der Waals surface area contributed by atoms with E-state index in [2.05, 4.69) is 21.2 Å². The van der Waals surface area contributed by atoms with Crippen LogP contribution >= 0.6 is 15.9 Å². The molecule has 0 spiro atoms. The standard InChI is InChI=1S/C16H16BrNO3/c1-3-21-15-8-7-11(17)9-14(15)16(19)18-12-5-4-6-13(10-12)20-2/h4-10H,3H2,1-2H3,(H,18,19). The number of anilines is 1. The van der Waals surface area contributed by atoms with Crippen molar-refractivity contribution in [3.05, 3.63) is 52.5 Å². The molecule has 4 nitrogen and oxygen atoms in total. The highest BCUT2D eigenvalue weighted by atomic mass is 79.9. The van der Waals surface area contributed by atoms with Crippen LogP contribution in [-0.2, 0) is 0 Å². The molecule has 0 aliphatic heterocycles. The van der Waals surface area contributed by atoms with Crippen LogP contribution in [0.3, 0.4) is 0 Å². The van der Waals surface area contributed by atoms with E-state index in [1.807, 2.05) is 25.1 Å². The molecule has 0 heterocycles. The molecule has 2 aromatic carbocycles. The minimum Gasteiger partial charge on any atom is -0.497 e. The van der Waals surface area contributed by atoms with Gasteiger partial charge in [-0.15, -0.1) is 0 Å². The van der Waals surface area contributed by atoms with E-state index in [1.165, 1.54) is 0 Å². The highest BCUT2D eigenvalue weighted by Crippen LogP contribution is 2.25. The topological polar surface area (TPSA) is 47.6 Å². The van der Waals surface area contributed by atoms with Crippen molar-refractivity contribution in [1.29, 1.82) is 0 Å². The van der Waals surface area contributed by atoms with Gasteiger partial charge in [-0.3, -0.25) is 4.79 Å². The first-order valence-corrected chi connectivity index (χ1v) is 7.31. The third-order valence-corrected chi connectivity index (χ3v) is 3.31. The van der Waals surface area contributed by atoms with Gasteiger partial charge in [0.15, 0.2) is 0 Å². The average Bonchev–Trinajstić information content (AvgIpc) is 2.49. The summed E-state index contributed by atoms with van der Waals surface area (Å²) in [6.45, 7) is 2.38. The molecule has 110 valence electrons. The second-order valence-electron chi connectivity index (χ2n) is 4.26. The van der Waals surface area contributed by atoms with Crippen molar-refractivity contribution in [3.63, 3.8) is 0 Å². The number of amides is 1. The Labute approximate surface area is 132 Å². The van der Waals surface area contributed by atoms with Gasteiger partial charge in [-0.2, -0.15) is 0 Å². The van der Waals surface area contributed by atoms with E-state index in [0.717, 1.165) is 4.47 Å². The molecule has 0 aliphatic rings. The van der Waals surface area contributed by atoms with Crippen molar-refractivity contribution in [2.24, 2.45) is 0 Å². The minimum absolute atomic E-state index is 0.229. The predicted molar refractivity (Wildman–Crippen MR) is 86.3 cm³/mol. The van der Waals surface area contributed by atoms with Gasteiger partial charge in [-0.05, 0) is 37.3 Å². The van der Waals surface area contributed by atoms with E-state index in [9.17, 15) is 4.79 Å². The van der Waals surface area contributed by atoms with Crippen LogP contribution in [-0.4, -0.2) is 19.6 Å². The van der Waals surface area contributed by atoms with E-state index >= 15 is 0 Å². The zero-order valence-electron chi connectivity index (χ0n) is 11.9. The fraction of sp³-hybridized carbons (Fsp3) is 0.188. The van der Waals surface area contributed by atoms with Crippen molar-refractivity contribution >= 4 is 27.5 Å². The summed E-state index contributed by atoms with van der Waals surface area (Å²) in [5, 5.41) is 2.84. The maximum atomic E-state index is 12.4. The molecule has 0 atom stereocenters. The highest BCUT2D eigenvalue weighted by molar-refractivity contribution is 9.10. The van der Waals surface area contributed by atoms with Gasteiger partial charge in [-0.1, -0.05) is 22.0 Å². The Morgan fingerprint density at radius 1 is 1.24 bits per heavy atom. The molecule has 0 fully saturated rings. The summed E-state index contributed by atoms with van der Waals surface area (Å²) < 4.78 is 11.5. The van der Waals surface area contributed by atoms with Gasteiger partial charge in [0, 0.05) is 16.2 Å². The van der Waals surface area contributed by atoms with Crippen LogP contribution in [0.4, 0.5) is 5.69 Å². The number of rotatable bonds is 5. The van der Waals surface area contributed by atoms with Gasteiger partial charge in [0.25, 0.3) is 5.91 Å².